The number of carbonyl (C=O) groups is 1. The lowest BCUT2D eigenvalue weighted by Crippen LogP contribution is -2.48. The number of anilines is 1. The first-order chi connectivity index (χ1) is 19.6. The fraction of sp³-hybridized carbons (Fsp3) is 0.406. The van der Waals surface area contributed by atoms with Crippen LogP contribution in [0, 0.1) is 20.8 Å². The Kier molecular flexibility index (Phi) is 8.68. The van der Waals surface area contributed by atoms with E-state index in [4.69, 9.17) is 9.47 Å². The second-order valence-corrected chi connectivity index (χ2v) is 13.1. The third-order valence-electron chi connectivity index (χ3n) is 7.98. The topological polar surface area (TPSA) is 79.4 Å². The van der Waals surface area contributed by atoms with Crippen LogP contribution in [-0.2, 0) is 20.5 Å². The Hall–Kier alpha value is -3.40. The van der Waals surface area contributed by atoms with Crippen molar-refractivity contribution in [2.45, 2.75) is 45.2 Å². The second kappa shape index (κ2) is 12.2. The van der Waals surface area contributed by atoms with Crippen LogP contribution in [0.15, 0.2) is 66.7 Å². The molecule has 0 N–H and O–H groups in total. The molecular weight excluding hydrogens is 538 g/mol. The molecule has 0 spiro atoms. The summed E-state index contributed by atoms with van der Waals surface area (Å²) in [7, 11) is -1.93. The molecule has 5 rings (SSSR count). The Balaban J connectivity index is 1.25. The minimum Gasteiger partial charge on any atom is -0.486 e. The van der Waals surface area contributed by atoms with Gasteiger partial charge in [0.25, 0.3) is 5.91 Å². The fourth-order valence-electron chi connectivity index (χ4n) is 5.68. The maximum atomic E-state index is 13.5. The molecule has 2 atom stereocenters. The number of aryl methyl sites for hydroxylation is 3. The highest BCUT2D eigenvalue weighted by Gasteiger charge is 2.38. The number of likely N-dealkylation sites (tertiary alicyclic amines) is 1. The molecule has 2 aliphatic heterocycles. The number of hydrogen-bond acceptors (Lipinski definition) is 6. The van der Waals surface area contributed by atoms with Crippen LogP contribution in [0.25, 0.3) is 0 Å². The predicted molar refractivity (Wildman–Crippen MR) is 161 cm³/mol. The van der Waals surface area contributed by atoms with E-state index >= 15 is 0 Å². The molecule has 3 aromatic carbocycles. The van der Waals surface area contributed by atoms with E-state index in [-0.39, 0.29) is 23.9 Å². The first-order valence-corrected chi connectivity index (χ1v) is 15.7. The number of ether oxygens (including phenoxy) is 2. The number of amides is 1. The average molecular weight is 578 g/mol. The number of sulfonamides is 1. The third-order valence-corrected chi connectivity index (χ3v) is 9.76. The van der Waals surface area contributed by atoms with Crippen molar-refractivity contribution in [3.63, 3.8) is 0 Å². The molecule has 0 aromatic heterocycles. The van der Waals surface area contributed by atoms with E-state index in [9.17, 15) is 13.2 Å². The minimum atomic E-state index is -3.55. The largest absolute Gasteiger partial charge is 0.486 e. The van der Waals surface area contributed by atoms with Gasteiger partial charge in [-0.2, -0.15) is 4.31 Å². The van der Waals surface area contributed by atoms with Crippen molar-refractivity contribution < 1.29 is 22.7 Å². The molecule has 0 aliphatic carbocycles. The van der Waals surface area contributed by atoms with Gasteiger partial charge >= 0.3 is 0 Å². The van der Waals surface area contributed by atoms with Crippen molar-refractivity contribution >= 4 is 21.6 Å². The zero-order valence-corrected chi connectivity index (χ0v) is 25.1. The fourth-order valence-corrected chi connectivity index (χ4v) is 7.19. The van der Waals surface area contributed by atoms with E-state index in [1.807, 2.05) is 81.4 Å². The summed E-state index contributed by atoms with van der Waals surface area (Å²) in [6.45, 7) is 8.44. The van der Waals surface area contributed by atoms with E-state index in [1.165, 1.54) is 0 Å². The Morgan fingerprint density at radius 3 is 2.46 bits per heavy atom. The quantitative estimate of drug-likeness (QED) is 0.392. The molecule has 2 aliphatic rings. The number of benzene rings is 3. The van der Waals surface area contributed by atoms with E-state index in [1.54, 1.807) is 22.4 Å². The van der Waals surface area contributed by atoms with Crippen LogP contribution in [0.2, 0.25) is 0 Å². The first kappa shape index (κ1) is 29.1. The van der Waals surface area contributed by atoms with Crippen LogP contribution < -0.4 is 9.64 Å². The molecule has 8 nitrogen and oxygen atoms in total. The van der Waals surface area contributed by atoms with E-state index in [2.05, 4.69) is 4.90 Å². The van der Waals surface area contributed by atoms with E-state index in [0.717, 1.165) is 35.3 Å². The first-order valence-electron chi connectivity index (χ1n) is 14.1. The van der Waals surface area contributed by atoms with Gasteiger partial charge in [0.05, 0.1) is 25.5 Å². The summed E-state index contributed by atoms with van der Waals surface area (Å²) in [6, 6.07) is 21.2. The monoisotopic (exact) mass is 577 g/mol. The van der Waals surface area contributed by atoms with Crippen LogP contribution in [0.3, 0.4) is 0 Å². The zero-order valence-electron chi connectivity index (χ0n) is 24.2. The molecule has 218 valence electrons. The minimum absolute atomic E-state index is 0.0412. The van der Waals surface area contributed by atoms with Crippen molar-refractivity contribution in [3.8, 4) is 5.75 Å². The van der Waals surface area contributed by atoms with Crippen LogP contribution in [-0.4, -0.2) is 75.7 Å². The Bertz CT molecular complexity index is 1510. The van der Waals surface area contributed by atoms with Gasteiger partial charge in [0.15, 0.2) is 0 Å². The molecule has 9 heteroatoms. The smallest absolute Gasteiger partial charge is 0.254 e. The molecule has 2 unspecified atom stereocenters. The van der Waals surface area contributed by atoms with Crippen molar-refractivity contribution in [2.24, 2.45) is 0 Å². The molecule has 41 heavy (non-hydrogen) atoms. The molecule has 2 saturated heterocycles. The summed E-state index contributed by atoms with van der Waals surface area (Å²) in [6.07, 6.45) is 0.108. The number of rotatable bonds is 8. The summed E-state index contributed by atoms with van der Waals surface area (Å²) >= 11 is 0. The molecule has 3 aromatic rings. The van der Waals surface area contributed by atoms with Gasteiger partial charge in [-0.25, -0.2) is 8.42 Å². The number of hydrogen-bond donors (Lipinski definition) is 0. The van der Waals surface area contributed by atoms with Crippen molar-refractivity contribution in [2.75, 3.05) is 44.9 Å². The normalized spacial score (nSPS) is 19.9. The number of para-hydroxylation sites is 1. The Morgan fingerprint density at radius 1 is 0.902 bits per heavy atom. The van der Waals surface area contributed by atoms with Gasteiger partial charge in [0.1, 0.15) is 18.0 Å². The Labute approximate surface area is 243 Å². The van der Waals surface area contributed by atoms with E-state index < -0.39 is 10.0 Å². The summed E-state index contributed by atoms with van der Waals surface area (Å²) < 4.78 is 40.5. The van der Waals surface area contributed by atoms with E-state index in [0.29, 0.717) is 43.2 Å². The highest BCUT2D eigenvalue weighted by molar-refractivity contribution is 7.88. The van der Waals surface area contributed by atoms with Gasteiger partial charge in [-0.3, -0.25) is 4.79 Å². The summed E-state index contributed by atoms with van der Waals surface area (Å²) in [5.74, 6) is 0.410. The van der Waals surface area contributed by atoms with Crippen LogP contribution in [0.4, 0.5) is 5.69 Å². The molecular formula is C32H39N3O5S. The lowest BCUT2D eigenvalue weighted by molar-refractivity contribution is 0.0339. The van der Waals surface area contributed by atoms with Crippen molar-refractivity contribution in [1.82, 2.24) is 9.21 Å². The van der Waals surface area contributed by atoms with Crippen molar-refractivity contribution in [1.29, 1.82) is 0 Å². The zero-order chi connectivity index (χ0) is 29.1. The van der Waals surface area contributed by atoms with Crippen LogP contribution in [0.1, 0.15) is 39.0 Å². The lowest BCUT2D eigenvalue weighted by Gasteiger charge is -2.37. The third kappa shape index (κ3) is 6.58. The summed E-state index contributed by atoms with van der Waals surface area (Å²) in [4.78, 5) is 17.2. The van der Waals surface area contributed by atoms with Gasteiger partial charge in [-0.1, -0.05) is 48.0 Å². The summed E-state index contributed by atoms with van der Waals surface area (Å²) in [5.41, 5.74) is 5.51. The molecule has 0 saturated carbocycles. The molecule has 2 fully saturated rings. The highest BCUT2D eigenvalue weighted by Crippen LogP contribution is 2.27. The summed E-state index contributed by atoms with van der Waals surface area (Å²) in [5, 5.41) is 0. The van der Waals surface area contributed by atoms with Crippen LogP contribution >= 0.6 is 0 Å². The number of nitrogens with zero attached hydrogens (tertiary/aromatic N) is 3. The van der Waals surface area contributed by atoms with Crippen molar-refractivity contribution in [3.05, 3.63) is 94.5 Å². The second-order valence-electron chi connectivity index (χ2n) is 11.1. The molecule has 1 amide bonds. The maximum absolute atomic E-state index is 13.5. The average Bonchev–Trinajstić information content (AvgIpc) is 3.37. The number of methoxy groups -OCH3 is 1. The lowest BCUT2D eigenvalue weighted by atomic mass is 10.0. The number of carbonyl (C=O) groups excluding carboxylic acids is 1. The predicted octanol–water partition coefficient (Wildman–Crippen LogP) is 4.53. The standard InChI is InChI=1S/C32H39N3O5S/c1-23-13-14-24(2)28(17-23)32(36)34-19-30(39-4)31(20-34)40-27-11-7-10-26(18-27)21-41(37,38)35-16-8-15-33(22-35)29-12-6-5-9-25(29)3/h5-7,9-14,17-18,30-31H,8,15-16,19-22H2,1-4H3. The van der Waals surface area contributed by atoms with Gasteiger partial charge < -0.3 is 19.3 Å². The molecule has 0 radical (unpaired) electrons. The highest BCUT2D eigenvalue weighted by atomic mass is 32.2. The molecule has 2 heterocycles. The van der Waals surface area contributed by atoms with Crippen LogP contribution in [0.5, 0.6) is 5.75 Å². The maximum Gasteiger partial charge on any atom is 0.254 e. The molecule has 0 bridgehead atoms. The Morgan fingerprint density at radius 2 is 1.68 bits per heavy atom. The van der Waals surface area contributed by atoms with Gasteiger partial charge in [-0.05, 0) is 68.1 Å². The van der Waals surface area contributed by atoms with Gasteiger partial charge in [0, 0.05) is 31.5 Å². The van der Waals surface area contributed by atoms with Gasteiger partial charge in [-0.15, -0.1) is 0 Å². The SMILES string of the molecule is COC1CN(C(=O)c2cc(C)ccc2C)CC1Oc1cccc(CS(=O)(=O)N2CCCN(c3ccccc3C)C2)c1. The van der Waals surface area contributed by atoms with Gasteiger partial charge in [0.2, 0.25) is 10.0 Å².